The smallest absolute Gasteiger partial charge is 0.462 e. The first kappa shape index (κ1) is 53.4. The number of rotatable bonds is 37. The summed E-state index contributed by atoms with van der Waals surface area (Å²) in [6, 6.07) is 0. The minimum atomic E-state index is -4.41. The van der Waals surface area contributed by atoms with Crippen molar-refractivity contribution in [3.63, 3.8) is 0 Å². The number of ether oxygens (including phenoxy) is 2. The van der Waals surface area contributed by atoms with Gasteiger partial charge in [-0.15, -0.1) is 0 Å². The molecule has 9 nitrogen and oxygen atoms in total. The normalized spacial score (nSPS) is 14.5. The Hall–Kier alpha value is -3.59. The molecule has 0 aliphatic heterocycles. The Kier molecular flexibility index (Phi) is 39.4. The fourth-order valence-electron chi connectivity index (χ4n) is 4.81. The Labute approximate surface area is 345 Å². The van der Waals surface area contributed by atoms with E-state index in [1.165, 1.54) is 0 Å². The summed E-state index contributed by atoms with van der Waals surface area (Å²) >= 11 is 0. The van der Waals surface area contributed by atoms with Crippen LogP contribution in [0.2, 0.25) is 0 Å². The van der Waals surface area contributed by atoms with Gasteiger partial charge in [0, 0.05) is 19.4 Å². The number of phosphoric acid groups is 1. The molecule has 0 aromatic carbocycles. The third-order valence-corrected chi connectivity index (χ3v) is 8.83. The highest BCUT2D eigenvalue weighted by Gasteiger charge is 2.25. The summed E-state index contributed by atoms with van der Waals surface area (Å²) in [5.41, 5.74) is 5.34. The summed E-state index contributed by atoms with van der Waals surface area (Å²) in [6.45, 7) is 3.36. The van der Waals surface area contributed by atoms with Crippen molar-refractivity contribution in [1.29, 1.82) is 0 Å². The average Bonchev–Trinajstić information content (AvgIpc) is 3.20. The highest BCUT2D eigenvalue weighted by atomic mass is 31.2. The SMILES string of the molecule is CC/C=C\C/C=C\C/C=C\C/C=C\C/C=C\CCCCCC(=O)O[C@H](COC(=O)CCC/C=C\C/C=C\C/C=C\C/C=C\C/C=C\CC)COP(=O)(O)OCCN. The lowest BCUT2D eigenvalue weighted by molar-refractivity contribution is -0.161. The summed E-state index contributed by atoms with van der Waals surface area (Å²) in [4.78, 5) is 34.8. The van der Waals surface area contributed by atoms with Gasteiger partial charge >= 0.3 is 19.8 Å². The van der Waals surface area contributed by atoms with E-state index in [2.05, 4.69) is 129 Å². The van der Waals surface area contributed by atoms with E-state index in [1.54, 1.807) is 0 Å². The van der Waals surface area contributed by atoms with Crippen molar-refractivity contribution in [1.82, 2.24) is 0 Å². The maximum Gasteiger partial charge on any atom is 0.472 e. The molecule has 0 amide bonds. The van der Waals surface area contributed by atoms with E-state index in [-0.39, 0.29) is 32.6 Å². The van der Waals surface area contributed by atoms with Gasteiger partial charge in [-0.3, -0.25) is 18.6 Å². The van der Waals surface area contributed by atoms with Crippen molar-refractivity contribution in [2.75, 3.05) is 26.4 Å². The molecule has 0 aliphatic rings. The highest BCUT2D eigenvalue weighted by Crippen LogP contribution is 2.43. The number of nitrogens with two attached hydrogens (primary N) is 1. The van der Waals surface area contributed by atoms with Crippen LogP contribution >= 0.6 is 7.82 Å². The van der Waals surface area contributed by atoms with Gasteiger partial charge in [0.15, 0.2) is 6.10 Å². The molecule has 0 aromatic heterocycles. The second-order valence-corrected chi connectivity index (χ2v) is 14.5. The maximum absolute atomic E-state index is 12.6. The second kappa shape index (κ2) is 42.0. The predicted molar refractivity (Wildman–Crippen MR) is 237 cm³/mol. The summed E-state index contributed by atoms with van der Waals surface area (Å²) in [6.07, 6.45) is 56.6. The van der Waals surface area contributed by atoms with E-state index in [0.717, 1.165) is 89.9 Å². The average molecular weight is 812 g/mol. The van der Waals surface area contributed by atoms with Crippen LogP contribution in [0.1, 0.15) is 129 Å². The molecule has 0 radical (unpaired) electrons. The zero-order valence-corrected chi connectivity index (χ0v) is 35.9. The Balaban J connectivity index is 4.37. The number of unbranched alkanes of at least 4 members (excludes halogenated alkanes) is 4. The number of phosphoric ester groups is 1. The molecule has 57 heavy (non-hydrogen) atoms. The van der Waals surface area contributed by atoms with Crippen molar-refractivity contribution < 1.29 is 37.6 Å². The standard InChI is InChI=1S/C47H74NO8P/c1-3-5-7-9-11-13-15-17-19-21-22-24-26-28-30-32-34-36-38-40-47(50)56-45(44-55-57(51,52)54-42-41-48)43-53-46(49)39-37-35-33-31-29-27-25-23-20-18-16-14-12-10-8-6-4-2/h5-8,11-14,17-20,22,24-25,27-28,30-31,33,45H,3-4,9-10,15-16,21,23,26,29,32,34-44,48H2,1-2H3,(H,51,52)/b7-5-,8-6-,13-11-,14-12-,19-17-,20-18-,24-22-,27-25-,30-28-,33-31-/t45-/m1/s1. The molecule has 2 atom stereocenters. The minimum absolute atomic E-state index is 0.0324. The van der Waals surface area contributed by atoms with Crippen molar-refractivity contribution in [3.05, 3.63) is 122 Å². The van der Waals surface area contributed by atoms with Gasteiger partial charge < -0.3 is 20.1 Å². The molecule has 0 aromatic rings. The van der Waals surface area contributed by atoms with Crippen LogP contribution < -0.4 is 5.73 Å². The van der Waals surface area contributed by atoms with Gasteiger partial charge in [-0.2, -0.15) is 0 Å². The van der Waals surface area contributed by atoms with Crippen LogP contribution in [0.4, 0.5) is 0 Å². The molecule has 0 saturated heterocycles. The number of esters is 2. The van der Waals surface area contributed by atoms with E-state index < -0.39 is 32.5 Å². The monoisotopic (exact) mass is 812 g/mol. The lowest BCUT2D eigenvalue weighted by Crippen LogP contribution is -2.29. The van der Waals surface area contributed by atoms with Crippen LogP contribution in [0, 0.1) is 0 Å². The molecule has 3 N–H and O–H groups in total. The van der Waals surface area contributed by atoms with Crippen LogP contribution in [0.25, 0.3) is 0 Å². The Morgan fingerprint density at radius 2 is 0.930 bits per heavy atom. The minimum Gasteiger partial charge on any atom is -0.462 e. The van der Waals surface area contributed by atoms with E-state index in [9.17, 15) is 19.0 Å². The lowest BCUT2D eigenvalue weighted by atomic mass is 10.1. The molecule has 0 bridgehead atoms. The summed E-state index contributed by atoms with van der Waals surface area (Å²) in [5, 5.41) is 0. The molecule has 320 valence electrons. The molecule has 0 heterocycles. The zero-order chi connectivity index (χ0) is 41.8. The molecule has 1 unspecified atom stereocenters. The van der Waals surface area contributed by atoms with E-state index >= 15 is 0 Å². The number of hydrogen-bond donors (Lipinski definition) is 2. The molecule has 0 fully saturated rings. The summed E-state index contributed by atoms with van der Waals surface area (Å²) in [7, 11) is -4.41. The van der Waals surface area contributed by atoms with Gasteiger partial charge in [-0.25, -0.2) is 4.57 Å². The van der Waals surface area contributed by atoms with Crippen LogP contribution in [-0.2, 0) is 32.7 Å². The first-order chi connectivity index (χ1) is 27.8. The molecule has 0 aliphatic carbocycles. The van der Waals surface area contributed by atoms with Gasteiger partial charge in [0.2, 0.25) is 0 Å². The topological polar surface area (TPSA) is 134 Å². The molecule has 0 rings (SSSR count). The summed E-state index contributed by atoms with van der Waals surface area (Å²) < 4.78 is 32.7. The zero-order valence-electron chi connectivity index (χ0n) is 35.0. The molecular weight excluding hydrogens is 737 g/mol. The van der Waals surface area contributed by atoms with Gasteiger partial charge in [-0.05, 0) is 96.3 Å². The van der Waals surface area contributed by atoms with Gasteiger partial charge in [0.25, 0.3) is 0 Å². The van der Waals surface area contributed by atoms with Gasteiger partial charge in [0.05, 0.1) is 13.2 Å². The van der Waals surface area contributed by atoms with Crippen molar-refractivity contribution in [2.24, 2.45) is 5.73 Å². The molecular formula is C47H74NO8P. The fraction of sp³-hybridized carbons (Fsp3) is 0.532. The van der Waals surface area contributed by atoms with E-state index in [4.69, 9.17) is 24.3 Å². The first-order valence-corrected chi connectivity index (χ1v) is 22.5. The Bertz CT molecular complexity index is 1340. The first-order valence-electron chi connectivity index (χ1n) is 21.0. The Morgan fingerprint density at radius 3 is 1.37 bits per heavy atom. The van der Waals surface area contributed by atoms with E-state index in [1.807, 2.05) is 6.08 Å². The fourth-order valence-corrected chi connectivity index (χ4v) is 5.58. The quantitative estimate of drug-likeness (QED) is 0.0272. The van der Waals surface area contributed by atoms with Gasteiger partial charge in [-0.1, -0.05) is 142 Å². The molecule has 10 heteroatoms. The number of allylic oxidation sites excluding steroid dienone is 20. The van der Waals surface area contributed by atoms with Crippen molar-refractivity contribution >= 4 is 19.8 Å². The number of carbonyl (C=O) groups is 2. The van der Waals surface area contributed by atoms with Crippen molar-refractivity contribution in [2.45, 2.75) is 136 Å². The van der Waals surface area contributed by atoms with Gasteiger partial charge in [0.1, 0.15) is 6.61 Å². The Morgan fingerprint density at radius 1 is 0.526 bits per heavy atom. The largest absolute Gasteiger partial charge is 0.472 e. The van der Waals surface area contributed by atoms with Crippen LogP contribution in [-0.4, -0.2) is 49.3 Å². The van der Waals surface area contributed by atoms with Crippen LogP contribution in [0.5, 0.6) is 0 Å². The molecule has 0 spiro atoms. The maximum atomic E-state index is 12.6. The van der Waals surface area contributed by atoms with E-state index in [0.29, 0.717) is 12.8 Å². The number of hydrogen-bond acceptors (Lipinski definition) is 8. The third kappa shape index (κ3) is 41.9. The molecule has 0 saturated carbocycles. The summed E-state index contributed by atoms with van der Waals surface area (Å²) in [5.74, 6) is -0.950. The second-order valence-electron chi connectivity index (χ2n) is 13.1. The predicted octanol–water partition coefficient (Wildman–Crippen LogP) is 12.2. The number of carbonyl (C=O) groups excluding carboxylic acids is 2. The van der Waals surface area contributed by atoms with Crippen LogP contribution in [0.3, 0.4) is 0 Å². The highest BCUT2D eigenvalue weighted by molar-refractivity contribution is 7.47. The van der Waals surface area contributed by atoms with Crippen LogP contribution in [0.15, 0.2) is 122 Å². The lowest BCUT2D eigenvalue weighted by Gasteiger charge is -2.19. The third-order valence-electron chi connectivity index (χ3n) is 7.84. The van der Waals surface area contributed by atoms with Crippen molar-refractivity contribution in [3.8, 4) is 0 Å².